The fourth-order valence-corrected chi connectivity index (χ4v) is 12.1. The molecule has 0 radical (unpaired) electrons. The fourth-order valence-electron chi connectivity index (χ4n) is 9.72. The predicted molar refractivity (Wildman–Crippen MR) is 250 cm³/mol. The van der Waals surface area contributed by atoms with E-state index >= 15 is 0 Å². The van der Waals surface area contributed by atoms with E-state index in [1.54, 1.807) is 0 Å². The van der Waals surface area contributed by atoms with E-state index in [0.717, 1.165) is 11.4 Å². The molecular formula is C55H35NS2. The van der Waals surface area contributed by atoms with Gasteiger partial charge in [-0.15, -0.1) is 22.7 Å². The second kappa shape index (κ2) is 13.1. The summed E-state index contributed by atoms with van der Waals surface area (Å²) in [6.45, 7) is 0. The summed E-state index contributed by atoms with van der Waals surface area (Å²) < 4.78 is 5.23. The Kier molecular flexibility index (Phi) is 7.56. The molecular weight excluding hydrogens is 739 g/mol. The Bertz CT molecular complexity index is 3300. The van der Waals surface area contributed by atoms with Gasteiger partial charge in [0.05, 0.1) is 15.8 Å². The zero-order valence-corrected chi connectivity index (χ0v) is 33.1. The Morgan fingerprint density at radius 1 is 0.362 bits per heavy atom. The molecule has 272 valence electrons. The Morgan fingerprint density at radius 3 is 1.71 bits per heavy atom. The summed E-state index contributed by atoms with van der Waals surface area (Å²) in [5, 5.41) is 5.24. The van der Waals surface area contributed by atoms with Crippen LogP contribution in [0.1, 0.15) is 22.3 Å². The molecule has 3 heteroatoms. The van der Waals surface area contributed by atoms with E-state index in [2.05, 4.69) is 217 Å². The quantitative estimate of drug-likeness (QED) is 0.163. The first-order valence-electron chi connectivity index (χ1n) is 19.8. The highest BCUT2D eigenvalue weighted by Crippen LogP contribution is 2.57. The normalized spacial score (nSPS) is 13.0. The molecule has 1 aliphatic rings. The van der Waals surface area contributed by atoms with E-state index in [4.69, 9.17) is 0 Å². The number of fused-ring (bicyclic) bond motifs is 9. The second-order valence-electron chi connectivity index (χ2n) is 15.2. The summed E-state index contributed by atoms with van der Waals surface area (Å²) in [6.07, 6.45) is 0. The van der Waals surface area contributed by atoms with Crippen molar-refractivity contribution >= 4 is 80.1 Å². The minimum atomic E-state index is -0.447. The first kappa shape index (κ1) is 33.4. The zero-order chi connectivity index (χ0) is 38.2. The summed E-state index contributed by atoms with van der Waals surface area (Å²) in [6, 6.07) is 78.7. The van der Waals surface area contributed by atoms with E-state index in [1.807, 2.05) is 22.7 Å². The first-order valence-corrected chi connectivity index (χ1v) is 21.5. The largest absolute Gasteiger partial charge is 0.309 e. The van der Waals surface area contributed by atoms with Crippen LogP contribution in [0, 0.1) is 0 Å². The number of rotatable bonds is 6. The van der Waals surface area contributed by atoms with Gasteiger partial charge in [0.25, 0.3) is 0 Å². The van der Waals surface area contributed by atoms with Crippen LogP contribution in [0.3, 0.4) is 0 Å². The van der Waals surface area contributed by atoms with Gasteiger partial charge in [-0.1, -0.05) is 164 Å². The molecule has 0 bridgehead atoms. The van der Waals surface area contributed by atoms with Crippen LogP contribution in [0.25, 0.3) is 62.6 Å². The summed E-state index contributed by atoms with van der Waals surface area (Å²) in [5.41, 5.74) is 13.2. The number of thiophene rings is 2. The van der Waals surface area contributed by atoms with Crippen molar-refractivity contribution in [2.45, 2.75) is 5.41 Å². The van der Waals surface area contributed by atoms with E-state index in [9.17, 15) is 0 Å². The Labute approximate surface area is 345 Å². The van der Waals surface area contributed by atoms with Crippen molar-refractivity contribution in [1.29, 1.82) is 0 Å². The highest BCUT2D eigenvalue weighted by Gasteiger charge is 2.46. The maximum Gasteiger partial charge on any atom is 0.0713 e. The number of hydrogen-bond donors (Lipinski definition) is 0. The van der Waals surface area contributed by atoms with Crippen LogP contribution in [0.5, 0.6) is 0 Å². The molecule has 0 N–H and O–H groups in total. The second-order valence-corrected chi connectivity index (χ2v) is 17.3. The Balaban J connectivity index is 1.09. The van der Waals surface area contributed by atoms with Gasteiger partial charge in [0.1, 0.15) is 0 Å². The lowest BCUT2D eigenvalue weighted by molar-refractivity contribution is 0.768. The molecule has 0 saturated carbocycles. The van der Waals surface area contributed by atoms with Crippen molar-refractivity contribution in [2.24, 2.45) is 0 Å². The molecule has 9 aromatic carbocycles. The maximum atomic E-state index is 2.48. The van der Waals surface area contributed by atoms with E-state index in [0.29, 0.717) is 0 Å². The van der Waals surface area contributed by atoms with Crippen LogP contribution >= 0.6 is 22.7 Å². The Hall–Kier alpha value is -6.78. The molecule has 1 nitrogen and oxygen atoms in total. The Morgan fingerprint density at radius 2 is 0.931 bits per heavy atom. The highest BCUT2D eigenvalue weighted by atomic mass is 32.1. The van der Waals surface area contributed by atoms with E-state index in [1.165, 1.54) is 90.5 Å². The van der Waals surface area contributed by atoms with E-state index in [-0.39, 0.29) is 0 Å². The maximum absolute atomic E-state index is 2.48. The molecule has 0 spiro atoms. The summed E-state index contributed by atoms with van der Waals surface area (Å²) in [4.78, 5) is 2.48. The predicted octanol–water partition coefficient (Wildman–Crippen LogP) is 15.9. The van der Waals surface area contributed by atoms with Gasteiger partial charge in [-0.3, -0.25) is 0 Å². The topological polar surface area (TPSA) is 3.24 Å². The fraction of sp³-hybridized carbons (Fsp3) is 0.0182. The molecule has 0 atom stereocenters. The molecule has 2 heterocycles. The van der Waals surface area contributed by atoms with Gasteiger partial charge in [0, 0.05) is 47.0 Å². The van der Waals surface area contributed by atoms with Gasteiger partial charge in [0.15, 0.2) is 0 Å². The van der Waals surface area contributed by atoms with Crippen LogP contribution in [0.2, 0.25) is 0 Å². The van der Waals surface area contributed by atoms with Crippen LogP contribution in [-0.4, -0.2) is 0 Å². The SMILES string of the molecule is c1ccc(C2(c3ccccc3)c3ccccc3-c3cc(N(c4ccc(-c5cccc6sc7ccccc7c56)cc4)c4cccc5c4sc4ccccc45)ccc32)cc1. The molecule has 1 aliphatic carbocycles. The average Bonchev–Trinajstić information content (AvgIpc) is 3.96. The van der Waals surface area contributed by atoms with Gasteiger partial charge in [0.2, 0.25) is 0 Å². The highest BCUT2D eigenvalue weighted by molar-refractivity contribution is 7.26. The van der Waals surface area contributed by atoms with Crippen LogP contribution in [-0.2, 0) is 5.41 Å². The summed E-state index contributed by atoms with van der Waals surface area (Å²) >= 11 is 3.75. The molecule has 2 aromatic heterocycles. The van der Waals surface area contributed by atoms with Gasteiger partial charge >= 0.3 is 0 Å². The smallest absolute Gasteiger partial charge is 0.0713 e. The number of nitrogens with zero attached hydrogens (tertiary/aromatic N) is 1. The molecule has 0 saturated heterocycles. The number of hydrogen-bond acceptors (Lipinski definition) is 3. The summed E-state index contributed by atoms with van der Waals surface area (Å²) in [7, 11) is 0. The van der Waals surface area contributed by atoms with Crippen LogP contribution in [0.4, 0.5) is 17.1 Å². The van der Waals surface area contributed by atoms with Crippen molar-refractivity contribution < 1.29 is 0 Å². The lowest BCUT2D eigenvalue weighted by Crippen LogP contribution is -2.28. The van der Waals surface area contributed by atoms with Crippen LogP contribution in [0.15, 0.2) is 212 Å². The van der Waals surface area contributed by atoms with Crippen molar-refractivity contribution in [3.8, 4) is 22.3 Å². The number of anilines is 3. The van der Waals surface area contributed by atoms with Crippen molar-refractivity contribution in [3.05, 3.63) is 235 Å². The van der Waals surface area contributed by atoms with Crippen molar-refractivity contribution in [3.63, 3.8) is 0 Å². The molecule has 58 heavy (non-hydrogen) atoms. The molecule has 0 amide bonds. The lowest BCUT2D eigenvalue weighted by atomic mass is 9.68. The first-order chi connectivity index (χ1) is 28.8. The molecule has 0 fully saturated rings. The molecule has 11 aromatic rings. The van der Waals surface area contributed by atoms with Gasteiger partial charge in [-0.2, -0.15) is 0 Å². The van der Waals surface area contributed by atoms with Crippen LogP contribution < -0.4 is 4.90 Å². The molecule has 0 unspecified atom stereocenters. The van der Waals surface area contributed by atoms with Crippen molar-refractivity contribution in [1.82, 2.24) is 0 Å². The third-order valence-corrected chi connectivity index (χ3v) is 14.5. The van der Waals surface area contributed by atoms with Gasteiger partial charge < -0.3 is 4.90 Å². The van der Waals surface area contributed by atoms with Gasteiger partial charge in [-0.05, 0) is 93.0 Å². The van der Waals surface area contributed by atoms with E-state index < -0.39 is 5.41 Å². The minimum Gasteiger partial charge on any atom is -0.309 e. The molecule has 0 aliphatic heterocycles. The summed E-state index contributed by atoms with van der Waals surface area (Å²) in [5.74, 6) is 0. The average molecular weight is 774 g/mol. The third kappa shape index (κ3) is 4.87. The lowest BCUT2D eigenvalue weighted by Gasteiger charge is -2.34. The minimum absolute atomic E-state index is 0.447. The zero-order valence-electron chi connectivity index (χ0n) is 31.5. The van der Waals surface area contributed by atoms with Gasteiger partial charge in [-0.25, -0.2) is 0 Å². The number of benzene rings is 9. The monoisotopic (exact) mass is 773 g/mol. The standard InChI is InChI=1S/C55H35NS2/c1-3-15-37(16-4-1)55(38-17-5-2-6-18-38)47-24-10-7-19-42(47)46-35-40(33-34-48(46)55)56(49-25-13-23-44-43-20-8-11-26-50(43)58-54(44)49)39-31-29-36(30-32-39)41-22-14-28-52-53(41)45-21-9-12-27-51(45)57-52/h1-35H. The molecule has 12 rings (SSSR count). The van der Waals surface area contributed by atoms with Crippen molar-refractivity contribution in [2.75, 3.05) is 4.90 Å². The third-order valence-electron chi connectivity index (χ3n) is 12.2.